The predicted molar refractivity (Wildman–Crippen MR) is 70.3 cm³/mol. The first kappa shape index (κ1) is 13.8. The maximum Gasteiger partial charge on any atom is 0.237 e. The molecule has 1 aromatic heterocycles. The van der Waals surface area contributed by atoms with Gasteiger partial charge < -0.3 is 20.3 Å². The number of rotatable bonds is 4. The van der Waals surface area contributed by atoms with E-state index < -0.39 is 5.91 Å². The summed E-state index contributed by atoms with van der Waals surface area (Å²) in [5.74, 6) is 0.335. The zero-order chi connectivity index (χ0) is 13.8. The number of ether oxygens (including phenoxy) is 1. The van der Waals surface area contributed by atoms with Gasteiger partial charge >= 0.3 is 0 Å². The highest BCUT2D eigenvalue weighted by molar-refractivity contribution is 6.28. The van der Waals surface area contributed by atoms with Crippen molar-refractivity contribution in [2.24, 2.45) is 5.73 Å². The number of hydrogen-bond acceptors (Lipinski definition) is 7. The van der Waals surface area contributed by atoms with Crippen LogP contribution < -0.4 is 15.5 Å². The zero-order valence-corrected chi connectivity index (χ0v) is 11.3. The Morgan fingerprint density at radius 2 is 2.11 bits per heavy atom. The van der Waals surface area contributed by atoms with Crippen molar-refractivity contribution in [2.75, 3.05) is 49.7 Å². The number of primary amides is 1. The van der Waals surface area contributed by atoms with E-state index in [0.717, 1.165) is 0 Å². The van der Waals surface area contributed by atoms with Crippen LogP contribution in [0.1, 0.15) is 0 Å². The number of likely N-dealkylation sites (N-methyl/N-ethyl adjacent to an activating group) is 1. The van der Waals surface area contributed by atoms with Crippen molar-refractivity contribution in [2.45, 2.75) is 0 Å². The standard InChI is InChI=1S/C10H15ClN6O2/c1-16(6-7(12)18)9-13-8(11)14-10(15-9)17-2-4-19-5-3-17/h2-6H2,1H3,(H2,12,18). The van der Waals surface area contributed by atoms with Crippen molar-refractivity contribution in [1.82, 2.24) is 15.0 Å². The van der Waals surface area contributed by atoms with E-state index in [4.69, 9.17) is 22.1 Å². The second-order valence-electron chi connectivity index (χ2n) is 4.13. The van der Waals surface area contributed by atoms with Crippen LogP contribution in [0.15, 0.2) is 0 Å². The minimum Gasteiger partial charge on any atom is -0.378 e. The van der Waals surface area contributed by atoms with E-state index in [1.54, 1.807) is 7.05 Å². The Morgan fingerprint density at radius 1 is 1.42 bits per heavy atom. The lowest BCUT2D eigenvalue weighted by atomic mass is 10.4. The highest BCUT2D eigenvalue weighted by Crippen LogP contribution is 2.16. The fraction of sp³-hybridized carbons (Fsp3) is 0.600. The summed E-state index contributed by atoms with van der Waals surface area (Å²) in [5, 5.41) is 0.0859. The summed E-state index contributed by atoms with van der Waals surface area (Å²) in [6.07, 6.45) is 0. The molecule has 0 bridgehead atoms. The van der Waals surface area contributed by atoms with E-state index in [1.807, 2.05) is 4.90 Å². The summed E-state index contributed by atoms with van der Waals surface area (Å²) >= 11 is 5.89. The van der Waals surface area contributed by atoms with E-state index in [1.165, 1.54) is 4.90 Å². The van der Waals surface area contributed by atoms with E-state index in [2.05, 4.69) is 15.0 Å². The van der Waals surface area contributed by atoms with Crippen LogP contribution in [0.3, 0.4) is 0 Å². The highest BCUT2D eigenvalue weighted by Gasteiger charge is 2.17. The van der Waals surface area contributed by atoms with Crippen LogP contribution in [0, 0.1) is 0 Å². The van der Waals surface area contributed by atoms with Crippen molar-refractivity contribution in [3.8, 4) is 0 Å². The second-order valence-corrected chi connectivity index (χ2v) is 4.46. The van der Waals surface area contributed by atoms with Gasteiger partial charge in [-0.2, -0.15) is 15.0 Å². The Kier molecular flexibility index (Phi) is 4.33. The Bertz CT molecular complexity index is 465. The van der Waals surface area contributed by atoms with Gasteiger partial charge in [0, 0.05) is 20.1 Å². The van der Waals surface area contributed by atoms with Gasteiger partial charge in [-0.25, -0.2) is 0 Å². The van der Waals surface area contributed by atoms with Crippen LogP contribution in [-0.2, 0) is 9.53 Å². The number of amides is 1. The van der Waals surface area contributed by atoms with Gasteiger partial charge in [-0.1, -0.05) is 0 Å². The van der Waals surface area contributed by atoms with E-state index in [-0.39, 0.29) is 11.8 Å². The maximum absolute atomic E-state index is 10.9. The molecule has 1 aliphatic rings. The molecule has 0 aliphatic carbocycles. The van der Waals surface area contributed by atoms with Crippen molar-refractivity contribution in [3.05, 3.63) is 5.28 Å². The van der Waals surface area contributed by atoms with Gasteiger partial charge in [-0.15, -0.1) is 0 Å². The lowest BCUT2D eigenvalue weighted by Crippen LogP contribution is -2.38. The molecule has 2 rings (SSSR count). The van der Waals surface area contributed by atoms with Crippen LogP contribution in [0.25, 0.3) is 0 Å². The monoisotopic (exact) mass is 286 g/mol. The summed E-state index contributed by atoms with van der Waals surface area (Å²) in [5.41, 5.74) is 5.14. The van der Waals surface area contributed by atoms with Crippen molar-refractivity contribution in [3.63, 3.8) is 0 Å². The second kappa shape index (κ2) is 5.98. The van der Waals surface area contributed by atoms with Gasteiger partial charge in [0.2, 0.25) is 23.1 Å². The molecule has 1 amide bonds. The molecule has 1 aliphatic heterocycles. The quantitative estimate of drug-likeness (QED) is 0.780. The first-order chi connectivity index (χ1) is 9.06. The lowest BCUT2D eigenvalue weighted by Gasteiger charge is -2.27. The molecule has 0 radical (unpaired) electrons. The van der Waals surface area contributed by atoms with Crippen LogP contribution >= 0.6 is 11.6 Å². The van der Waals surface area contributed by atoms with Crippen LogP contribution in [0.4, 0.5) is 11.9 Å². The Labute approximate surface area is 115 Å². The number of nitrogens with two attached hydrogens (primary N) is 1. The molecule has 1 aromatic rings. The third-order valence-corrected chi connectivity index (χ3v) is 2.78. The van der Waals surface area contributed by atoms with E-state index >= 15 is 0 Å². The van der Waals surface area contributed by atoms with Crippen LogP contribution in [0.5, 0.6) is 0 Å². The number of nitrogens with zero attached hydrogens (tertiary/aromatic N) is 5. The smallest absolute Gasteiger partial charge is 0.237 e. The van der Waals surface area contributed by atoms with Gasteiger partial charge in [0.25, 0.3) is 0 Å². The Hall–Kier alpha value is -1.67. The molecule has 19 heavy (non-hydrogen) atoms. The molecule has 9 heteroatoms. The van der Waals surface area contributed by atoms with Crippen LogP contribution in [-0.4, -0.2) is 60.8 Å². The molecule has 2 heterocycles. The number of carbonyl (C=O) groups excluding carboxylic acids is 1. The fourth-order valence-electron chi connectivity index (χ4n) is 1.71. The normalized spacial score (nSPS) is 15.4. The van der Waals surface area contributed by atoms with Gasteiger partial charge in [-0.3, -0.25) is 4.79 Å². The predicted octanol–water partition coefficient (Wildman–Crippen LogP) is -0.717. The fourth-order valence-corrected chi connectivity index (χ4v) is 1.86. The average Bonchev–Trinajstić information content (AvgIpc) is 2.38. The van der Waals surface area contributed by atoms with Gasteiger partial charge in [-0.05, 0) is 11.6 Å². The molecular formula is C10H15ClN6O2. The molecule has 0 atom stereocenters. The average molecular weight is 287 g/mol. The minimum atomic E-state index is -0.466. The van der Waals surface area contributed by atoms with Crippen LogP contribution in [0.2, 0.25) is 5.28 Å². The molecule has 1 fully saturated rings. The first-order valence-corrected chi connectivity index (χ1v) is 6.18. The molecule has 2 N–H and O–H groups in total. The van der Waals surface area contributed by atoms with Crippen molar-refractivity contribution < 1.29 is 9.53 Å². The topological polar surface area (TPSA) is 97.5 Å². The van der Waals surface area contributed by atoms with Gasteiger partial charge in [0.15, 0.2) is 0 Å². The molecule has 8 nitrogen and oxygen atoms in total. The van der Waals surface area contributed by atoms with Crippen molar-refractivity contribution in [1.29, 1.82) is 0 Å². The SMILES string of the molecule is CN(CC(N)=O)c1nc(Cl)nc(N2CCOCC2)n1. The Morgan fingerprint density at radius 3 is 2.74 bits per heavy atom. The summed E-state index contributed by atoms with van der Waals surface area (Å²) in [4.78, 5) is 26.8. The van der Waals surface area contributed by atoms with Gasteiger partial charge in [0.05, 0.1) is 19.8 Å². The molecule has 0 unspecified atom stereocenters. The number of morpholine rings is 1. The number of halogens is 1. The first-order valence-electron chi connectivity index (χ1n) is 5.80. The largest absolute Gasteiger partial charge is 0.378 e. The molecule has 1 saturated heterocycles. The summed E-state index contributed by atoms with van der Waals surface area (Å²) in [6, 6.07) is 0. The summed E-state index contributed by atoms with van der Waals surface area (Å²) in [6.45, 7) is 2.65. The summed E-state index contributed by atoms with van der Waals surface area (Å²) in [7, 11) is 1.67. The number of aromatic nitrogens is 3. The molecule has 0 aromatic carbocycles. The number of hydrogen-bond donors (Lipinski definition) is 1. The third kappa shape index (κ3) is 3.65. The molecule has 0 spiro atoms. The number of anilines is 2. The third-order valence-electron chi connectivity index (χ3n) is 2.61. The molecule has 104 valence electrons. The molecule has 0 saturated carbocycles. The van der Waals surface area contributed by atoms with E-state index in [0.29, 0.717) is 38.2 Å². The van der Waals surface area contributed by atoms with Crippen molar-refractivity contribution >= 4 is 29.4 Å². The highest BCUT2D eigenvalue weighted by atomic mass is 35.5. The molecular weight excluding hydrogens is 272 g/mol. The lowest BCUT2D eigenvalue weighted by molar-refractivity contribution is -0.116. The number of carbonyl (C=O) groups is 1. The maximum atomic E-state index is 10.9. The van der Waals surface area contributed by atoms with E-state index in [9.17, 15) is 4.79 Å². The minimum absolute atomic E-state index is 0.0168. The summed E-state index contributed by atoms with van der Waals surface area (Å²) < 4.78 is 5.26. The zero-order valence-electron chi connectivity index (χ0n) is 10.5. The van der Waals surface area contributed by atoms with Gasteiger partial charge in [0.1, 0.15) is 0 Å². The Balaban J connectivity index is 2.20.